The summed E-state index contributed by atoms with van der Waals surface area (Å²) in [4.78, 5) is 51.7. The van der Waals surface area contributed by atoms with Crippen LogP contribution in [0.3, 0.4) is 0 Å². The Balaban J connectivity index is 2.24. The Labute approximate surface area is 204 Å². The van der Waals surface area contributed by atoms with Crippen LogP contribution in [0.15, 0.2) is 24.3 Å². The van der Waals surface area contributed by atoms with Crippen LogP contribution in [0.1, 0.15) is 45.6 Å². The molecule has 11 nitrogen and oxygen atoms in total. The first-order valence-corrected chi connectivity index (χ1v) is 11.8. The number of phenols is 1. The molecule has 2 rings (SSSR count). The zero-order valence-corrected chi connectivity index (χ0v) is 20.3. The van der Waals surface area contributed by atoms with Gasteiger partial charge in [0.05, 0.1) is 12.1 Å². The molecule has 1 aliphatic rings. The van der Waals surface area contributed by atoms with E-state index in [4.69, 9.17) is 5.73 Å². The molecule has 0 aromatic heterocycles. The van der Waals surface area contributed by atoms with Crippen molar-refractivity contribution < 1.29 is 34.5 Å². The number of nitrogens with one attached hydrogen (secondary N) is 2. The zero-order valence-electron chi connectivity index (χ0n) is 20.3. The van der Waals surface area contributed by atoms with Gasteiger partial charge in [0.15, 0.2) is 0 Å². The number of nitrogens with zero attached hydrogens (tertiary/aromatic N) is 1. The van der Waals surface area contributed by atoms with Crippen molar-refractivity contribution in [3.8, 4) is 5.75 Å². The molecule has 7 N–H and O–H groups in total. The molecule has 11 heteroatoms. The maximum atomic E-state index is 13.2. The first-order chi connectivity index (χ1) is 16.5. The van der Waals surface area contributed by atoms with Gasteiger partial charge < -0.3 is 36.6 Å². The molecular weight excluding hydrogens is 456 g/mol. The van der Waals surface area contributed by atoms with Gasteiger partial charge in [-0.25, -0.2) is 4.79 Å². The number of benzene rings is 1. The highest BCUT2D eigenvalue weighted by atomic mass is 16.4. The Hall–Kier alpha value is -3.18. The second-order valence-corrected chi connectivity index (χ2v) is 9.10. The number of aliphatic carboxylic acids is 1. The number of carbonyl (C=O) groups excluding carboxylic acids is 3. The number of hydrogen-bond donors (Lipinski definition) is 6. The van der Waals surface area contributed by atoms with Gasteiger partial charge in [0.1, 0.15) is 23.9 Å². The van der Waals surface area contributed by atoms with Crippen LogP contribution in [0.25, 0.3) is 0 Å². The van der Waals surface area contributed by atoms with Gasteiger partial charge in [0.25, 0.3) is 0 Å². The number of hydrogen-bond acceptors (Lipinski definition) is 7. The minimum atomic E-state index is -1.40. The Morgan fingerprint density at radius 1 is 1.11 bits per heavy atom. The maximum Gasteiger partial charge on any atom is 0.326 e. The summed E-state index contributed by atoms with van der Waals surface area (Å²) in [5.41, 5.74) is 6.65. The van der Waals surface area contributed by atoms with E-state index in [0.29, 0.717) is 18.4 Å². The number of aliphatic hydroxyl groups is 1. The van der Waals surface area contributed by atoms with Crippen LogP contribution in [-0.4, -0.2) is 80.7 Å². The predicted octanol–water partition coefficient (Wildman–Crippen LogP) is -0.266. The number of aliphatic hydroxyl groups excluding tert-OH is 1. The third-order valence-electron chi connectivity index (χ3n) is 6.44. The van der Waals surface area contributed by atoms with Crippen molar-refractivity contribution in [2.75, 3.05) is 6.54 Å². The summed E-state index contributed by atoms with van der Waals surface area (Å²) >= 11 is 0. The van der Waals surface area contributed by atoms with E-state index in [0.717, 1.165) is 4.90 Å². The molecule has 1 heterocycles. The molecule has 6 unspecified atom stereocenters. The largest absolute Gasteiger partial charge is 0.508 e. The van der Waals surface area contributed by atoms with Crippen molar-refractivity contribution in [1.29, 1.82) is 0 Å². The first-order valence-electron chi connectivity index (χ1n) is 11.8. The number of rotatable bonds is 11. The van der Waals surface area contributed by atoms with E-state index in [-0.39, 0.29) is 31.1 Å². The SMILES string of the molecule is CCC(C)C(N)C(=O)NC(Cc1ccc(O)cc1)C(=O)NC(C(=O)N1CCCC1C(=O)O)C(C)O. The highest BCUT2D eigenvalue weighted by Crippen LogP contribution is 2.19. The summed E-state index contributed by atoms with van der Waals surface area (Å²) in [6.07, 6.45) is 0.162. The summed E-state index contributed by atoms with van der Waals surface area (Å²) < 4.78 is 0. The highest BCUT2D eigenvalue weighted by Gasteiger charge is 2.40. The van der Waals surface area contributed by atoms with E-state index >= 15 is 0 Å². The summed E-state index contributed by atoms with van der Waals surface area (Å²) in [6, 6.07) is 1.66. The molecule has 3 amide bonds. The van der Waals surface area contributed by atoms with Crippen molar-refractivity contribution in [3.05, 3.63) is 29.8 Å². The normalized spacial score (nSPS) is 19.8. The van der Waals surface area contributed by atoms with Gasteiger partial charge >= 0.3 is 5.97 Å². The molecule has 1 saturated heterocycles. The van der Waals surface area contributed by atoms with Gasteiger partial charge in [-0.15, -0.1) is 0 Å². The first kappa shape index (κ1) is 28.1. The second-order valence-electron chi connectivity index (χ2n) is 9.10. The summed E-state index contributed by atoms with van der Waals surface area (Å²) in [5, 5.41) is 34.3. The number of carboxylic acids is 1. The number of likely N-dealkylation sites (tertiary alicyclic amines) is 1. The van der Waals surface area contributed by atoms with Gasteiger partial charge in [0.2, 0.25) is 17.7 Å². The zero-order chi connectivity index (χ0) is 26.3. The van der Waals surface area contributed by atoms with E-state index in [1.165, 1.54) is 19.1 Å². The monoisotopic (exact) mass is 492 g/mol. The third kappa shape index (κ3) is 7.40. The number of phenolic OH excluding ortho intramolecular Hbond substituents is 1. The molecule has 0 aliphatic carbocycles. The lowest BCUT2D eigenvalue weighted by molar-refractivity contribution is -0.150. The molecule has 6 atom stereocenters. The molecule has 1 aromatic carbocycles. The fourth-order valence-electron chi connectivity index (χ4n) is 3.97. The Morgan fingerprint density at radius 3 is 2.29 bits per heavy atom. The third-order valence-corrected chi connectivity index (χ3v) is 6.44. The molecular formula is C24H36N4O7. The van der Waals surface area contributed by atoms with Crippen LogP contribution in [0.2, 0.25) is 0 Å². The van der Waals surface area contributed by atoms with Gasteiger partial charge in [-0.05, 0) is 43.4 Å². The van der Waals surface area contributed by atoms with E-state index in [1.54, 1.807) is 12.1 Å². The fourth-order valence-corrected chi connectivity index (χ4v) is 3.97. The number of nitrogens with two attached hydrogens (primary N) is 1. The molecule has 0 radical (unpaired) electrons. The van der Waals surface area contributed by atoms with Crippen LogP contribution in [0.4, 0.5) is 0 Å². The van der Waals surface area contributed by atoms with Crippen molar-refractivity contribution in [1.82, 2.24) is 15.5 Å². The number of amides is 3. The quantitative estimate of drug-likeness (QED) is 0.244. The van der Waals surface area contributed by atoms with Crippen LogP contribution in [0.5, 0.6) is 5.75 Å². The van der Waals surface area contributed by atoms with Crippen molar-refractivity contribution in [2.24, 2.45) is 11.7 Å². The molecule has 194 valence electrons. The molecule has 35 heavy (non-hydrogen) atoms. The van der Waals surface area contributed by atoms with E-state index in [9.17, 15) is 34.5 Å². The van der Waals surface area contributed by atoms with Crippen molar-refractivity contribution >= 4 is 23.7 Å². The maximum absolute atomic E-state index is 13.2. The Bertz CT molecular complexity index is 906. The highest BCUT2D eigenvalue weighted by molar-refractivity contribution is 5.94. The van der Waals surface area contributed by atoms with E-state index < -0.39 is 54.0 Å². The van der Waals surface area contributed by atoms with Gasteiger partial charge in [-0.3, -0.25) is 14.4 Å². The standard InChI is InChI=1S/C24H36N4O7/c1-4-13(2)19(25)22(32)26-17(12-15-7-9-16(30)10-8-15)21(31)27-20(14(3)29)23(33)28-11-5-6-18(28)24(34)35/h7-10,13-14,17-20,29-30H,4-6,11-12,25H2,1-3H3,(H,26,32)(H,27,31)(H,34,35). The lowest BCUT2D eigenvalue weighted by Gasteiger charge is -2.30. The average Bonchev–Trinajstić information content (AvgIpc) is 3.32. The van der Waals surface area contributed by atoms with Crippen LogP contribution >= 0.6 is 0 Å². The van der Waals surface area contributed by atoms with Crippen molar-refractivity contribution in [2.45, 2.75) is 76.7 Å². The van der Waals surface area contributed by atoms with E-state index in [2.05, 4.69) is 10.6 Å². The van der Waals surface area contributed by atoms with Crippen molar-refractivity contribution in [3.63, 3.8) is 0 Å². The second kappa shape index (κ2) is 12.5. The number of aromatic hydroxyl groups is 1. The van der Waals surface area contributed by atoms with Crippen LogP contribution in [-0.2, 0) is 25.6 Å². The lowest BCUT2D eigenvalue weighted by Crippen LogP contribution is -2.60. The molecule has 1 fully saturated rings. The van der Waals surface area contributed by atoms with Gasteiger partial charge in [-0.1, -0.05) is 32.4 Å². The van der Waals surface area contributed by atoms with Gasteiger partial charge in [-0.2, -0.15) is 0 Å². The number of carbonyl (C=O) groups is 4. The van der Waals surface area contributed by atoms with Gasteiger partial charge in [0, 0.05) is 13.0 Å². The predicted molar refractivity (Wildman–Crippen MR) is 127 cm³/mol. The van der Waals surface area contributed by atoms with Crippen LogP contribution < -0.4 is 16.4 Å². The smallest absolute Gasteiger partial charge is 0.326 e. The Morgan fingerprint density at radius 2 is 1.74 bits per heavy atom. The average molecular weight is 493 g/mol. The van der Waals surface area contributed by atoms with E-state index in [1.807, 2.05) is 13.8 Å². The minimum Gasteiger partial charge on any atom is -0.508 e. The summed E-state index contributed by atoms with van der Waals surface area (Å²) in [6.45, 7) is 5.23. The summed E-state index contributed by atoms with van der Waals surface area (Å²) in [7, 11) is 0. The molecule has 0 saturated carbocycles. The van der Waals surface area contributed by atoms with Crippen LogP contribution in [0, 0.1) is 5.92 Å². The molecule has 0 bridgehead atoms. The summed E-state index contributed by atoms with van der Waals surface area (Å²) in [5.74, 6) is -3.22. The lowest BCUT2D eigenvalue weighted by atomic mass is 9.98. The fraction of sp³-hybridized carbons (Fsp3) is 0.583. The number of carboxylic acid groups (broad SMARTS) is 1. The molecule has 0 spiro atoms. The topological polar surface area (TPSA) is 182 Å². The molecule has 1 aliphatic heterocycles. The molecule has 1 aromatic rings. The Kier molecular flexibility index (Phi) is 10.0. The minimum absolute atomic E-state index is 0.0350.